The lowest BCUT2D eigenvalue weighted by Crippen LogP contribution is -2.14. The zero-order chi connectivity index (χ0) is 17.1. The molecule has 1 aromatic heterocycles. The first kappa shape index (κ1) is 17.3. The van der Waals surface area contributed by atoms with Crippen molar-refractivity contribution in [3.63, 3.8) is 0 Å². The molecular weight excluding hydrogens is 388 g/mol. The number of benzene rings is 2. The van der Waals surface area contributed by atoms with E-state index in [0.29, 0.717) is 10.3 Å². The van der Waals surface area contributed by atoms with Gasteiger partial charge in [-0.3, -0.25) is 4.79 Å². The van der Waals surface area contributed by atoms with Gasteiger partial charge in [-0.2, -0.15) is 0 Å². The molecule has 3 aromatic rings. The van der Waals surface area contributed by atoms with Crippen LogP contribution in [0.25, 0.3) is 10.2 Å². The lowest BCUT2D eigenvalue weighted by Gasteiger charge is -2.11. The number of carbonyl (C=O) groups excluding carboxylic acids is 1. The molecule has 2 heterocycles. The minimum absolute atomic E-state index is 0.00753. The molecule has 0 spiro atoms. The third kappa shape index (κ3) is 4.34. The molecule has 0 atom stereocenters. The van der Waals surface area contributed by atoms with Crippen LogP contribution in [0, 0.1) is 0 Å². The van der Waals surface area contributed by atoms with Gasteiger partial charge in [-0.15, -0.1) is 34.9 Å². The van der Waals surface area contributed by atoms with Gasteiger partial charge < -0.3 is 5.32 Å². The standard InChI is InChI=1S/C18H16N2OS4/c21-16(11-24-18-20-14-6-1-2-7-15(14)25-18)19-13-5-3-4-12(10-13)17-22-8-9-23-17/h1-7,10,17H,8-9,11H2,(H,19,21). The average molecular weight is 405 g/mol. The van der Waals surface area contributed by atoms with Gasteiger partial charge in [0.25, 0.3) is 0 Å². The van der Waals surface area contributed by atoms with Crippen molar-refractivity contribution in [3.8, 4) is 0 Å². The molecule has 0 radical (unpaired) electrons. The van der Waals surface area contributed by atoms with Gasteiger partial charge in [0.2, 0.25) is 5.91 Å². The van der Waals surface area contributed by atoms with E-state index >= 15 is 0 Å². The van der Waals surface area contributed by atoms with Gasteiger partial charge in [0, 0.05) is 17.2 Å². The van der Waals surface area contributed by atoms with Gasteiger partial charge in [0.1, 0.15) is 0 Å². The molecule has 0 aliphatic carbocycles. The highest BCUT2D eigenvalue weighted by atomic mass is 32.2. The van der Waals surface area contributed by atoms with Crippen molar-refractivity contribution in [1.82, 2.24) is 4.98 Å². The van der Waals surface area contributed by atoms with Gasteiger partial charge in [0.05, 0.1) is 20.6 Å². The zero-order valence-electron chi connectivity index (χ0n) is 13.3. The molecule has 25 heavy (non-hydrogen) atoms. The van der Waals surface area contributed by atoms with Crippen LogP contribution in [0.2, 0.25) is 0 Å². The highest BCUT2D eigenvalue weighted by Crippen LogP contribution is 2.45. The van der Waals surface area contributed by atoms with E-state index in [1.165, 1.54) is 28.8 Å². The van der Waals surface area contributed by atoms with E-state index in [0.717, 1.165) is 20.2 Å². The Bertz CT molecular complexity index is 856. The molecule has 0 bridgehead atoms. The maximum atomic E-state index is 12.3. The van der Waals surface area contributed by atoms with Crippen molar-refractivity contribution in [2.45, 2.75) is 8.92 Å². The number of aromatic nitrogens is 1. The third-order valence-corrected chi connectivity index (χ3v) is 8.95. The van der Waals surface area contributed by atoms with Crippen molar-refractivity contribution >= 4 is 68.4 Å². The Labute approximate surface area is 163 Å². The quantitative estimate of drug-likeness (QED) is 0.568. The Morgan fingerprint density at radius 2 is 2.00 bits per heavy atom. The number of thiazole rings is 1. The monoisotopic (exact) mass is 404 g/mol. The van der Waals surface area contributed by atoms with Crippen molar-refractivity contribution in [2.75, 3.05) is 22.6 Å². The molecule has 128 valence electrons. The molecule has 1 aliphatic rings. The summed E-state index contributed by atoms with van der Waals surface area (Å²) in [6.45, 7) is 0. The summed E-state index contributed by atoms with van der Waals surface area (Å²) in [5.74, 6) is 2.78. The van der Waals surface area contributed by atoms with Crippen LogP contribution < -0.4 is 5.32 Å². The van der Waals surface area contributed by atoms with Gasteiger partial charge in [-0.05, 0) is 29.8 Å². The number of hydrogen-bond acceptors (Lipinski definition) is 6. The summed E-state index contributed by atoms with van der Waals surface area (Å²) >= 11 is 7.06. The van der Waals surface area contributed by atoms with E-state index in [4.69, 9.17) is 0 Å². The molecule has 1 aliphatic heterocycles. The Hall–Kier alpha value is -1.15. The zero-order valence-corrected chi connectivity index (χ0v) is 16.6. The van der Waals surface area contributed by atoms with Crippen molar-refractivity contribution < 1.29 is 4.79 Å². The summed E-state index contributed by atoms with van der Waals surface area (Å²) in [6.07, 6.45) is 0. The molecule has 1 amide bonds. The predicted molar refractivity (Wildman–Crippen MR) is 113 cm³/mol. The fourth-order valence-corrected chi connectivity index (χ4v) is 7.26. The van der Waals surface area contributed by atoms with Crippen LogP contribution in [0.15, 0.2) is 52.9 Å². The second-order valence-corrected chi connectivity index (χ2v) is 10.5. The van der Waals surface area contributed by atoms with Crippen LogP contribution in [0.5, 0.6) is 0 Å². The topological polar surface area (TPSA) is 42.0 Å². The van der Waals surface area contributed by atoms with Crippen molar-refractivity contribution in [1.29, 1.82) is 0 Å². The van der Waals surface area contributed by atoms with E-state index in [-0.39, 0.29) is 5.91 Å². The number of para-hydroxylation sites is 1. The summed E-state index contributed by atoms with van der Waals surface area (Å²) in [5, 5.41) is 3.01. The lowest BCUT2D eigenvalue weighted by molar-refractivity contribution is -0.113. The smallest absolute Gasteiger partial charge is 0.234 e. The largest absolute Gasteiger partial charge is 0.325 e. The lowest BCUT2D eigenvalue weighted by atomic mass is 10.2. The van der Waals surface area contributed by atoms with E-state index in [1.807, 2.05) is 53.9 Å². The van der Waals surface area contributed by atoms with E-state index in [1.54, 1.807) is 11.3 Å². The van der Waals surface area contributed by atoms with Crippen LogP contribution in [0.1, 0.15) is 10.1 Å². The second kappa shape index (κ2) is 8.03. The highest BCUT2D eigenvalue weighted by Gasteiger charge is 2.18. The molecule has 1 saturated heterocycles. The number of hydrogen-bond donors (Lipinski definition) is 1. The average Bonchev–Trinajstić information content (AvgIpc) is 3.29. The Kier molecular flexibility index (Phi) is 5.55. The maximum absolute atomic E-state index is 12.3. The number of carbonyl (C=O) groups is 1. The van der Waals surface area contributed by atoms with Gasteiger partial charge in [-0.1, -0.05) is 36.0 Å². The summed E-state index contributed by atoms with van der Waals surface area (Å²) in [6, 6.07) is 16.3. The van der Waals surface area contributed by atoms with Crippen LogP contribution in [-0.4, -0.2) is 28.1 Å². The minimum Gasteiger partial charge on any atom is -0.325 e. The SMILES string of the molecule is O=C(CSc1nc2ccccc2s1)Nc1cccc(C2SCCS2)c1. The number of thioether (sulfide) groups is 3. The van der Waals surface area contributed by atoms with Crippen LogP contribution >= 0.6 is 46.6 Å². The van der Waals surface area contributed by atoms with E-state index in [9.17, 15) is 4.79 Å². The molecule has 3 nitrogen and oxygen atoms in total. The van der Waals surface area contributed by atoms with Gasteiger partial charge >= 0.3 is 0 Å². The summed E-state index contributed by atoms with van der Waals surface area (Å²) in [4.78, 5) is 16.8. The number of rotatable bonds is 5. The van der Waals surface area contributed by atoms with Crippen molar-refractivity contribution in [3.05, 3.63) is 54.1 Å². The van der Waals surface area contributed by atoms with E-state index < -0.39 is 0 Å². The summed E-state index contributed by atoms with van der Waals surface area (Å²) in [5.41, 5.74) is 3.15. The minimum atomic E-state index is 0.00753. The molecule has 0 unspecified atom stereocenters. The molecule has 7 heteroatoms. The molecule has 0 saturated carbocycles. The first-order valence-corrected chi connectivity index (χ1v) is 11.8. The molecule has 2 aromatic carbocycles. The first-order chi connectivity index (χ1) is 12.3. The third-order valence-electron chi connectivity index (χ3n) is 3.67. The maximum Gasteiger partial charge on any atom is 0.234 e. The number of nitrogens with zero attached hydrogens (tertiary/aromatic N) is 1. The molecule has 1 N–H and O–H groups in total. The Balaban J connectivity index is 1.36. The van der Waals surface area contributed by atoms with Gasteiger partial charge in [-0.25, -0.2) is 4.98 Å². The molecular formula is C18H16N2OS4. The fraction of sp³-hybridized carbons (Fsp3) is 0.222. The number of anilines is 1. The predicted octanol–water partition coefficient (Wildman–Crippen LogP) is 5.51. The number of amides is 1. The van der Waals surface area contributed by atoms with Crippen LogP contribution in [0.3, 0.4) is 0 Å². The fourth-order valence-electron chi connectivity index (χ4n) is 2.55. The van der Waals surface area contributed by atoms with Crippen molar-refractivity contribution in [2.24, 2.45) is 0 Å². The second-order valence-electron chi connectivity index (χ2n) is 5.48. The molecule has 4 rings (SSSR count). The number of nitrogens with one attached hydrogen (secondary N) is 1. The first-order valence-electron chi connectivity index (χ1n) is 7.89. The Morgan fingerprint density at radius 1 is 1.16 bits per heavy atom. The number of fused-ring (bicyclic) bond motifs is 1. The summed E-state index contributed by atoms with van der Waals surface area (Å²) in [7, 11) is 0. The van der Waals surface area contributed by atoms with Gasteiger partial charge in [0.15, 0.2) is 4.34 Å². The highest BCUT2D eigenvalue weighted by molar-refractivity contribution is 8.19. The van der Waals surface area contributed by atoms with E-state index in [2.05, 4.69) is 28.5 Å². The molecule has 1 fully saturated rings. The van der Waals surface area contributed by atoms with Crippen LogP contribution in [0.4, 0.5) is 5.69 Å². The summed E-state index contributed by atoms with van der Waals surface area (Å²) < 4.78 is 2.59. The van der Waals surface area contributed by atoms with Crippen LogP contribution in [-0.2, 0) is 4.79 Å². The Morgan fingerprint density at radius 3 is 2.84 bits per heavy atom. The normalized spacial score (nSPS) is 14.9.